The summed E-state index contributed by atoms with van der Waals surface area (Å²) in [6, 6.07) is 14.9. The Morgan fingerprint density at radius 3 is 2.79 bits per heavy atom. The molecule has 5 rings (SSSR count). The molecule has 2 N–H and O–H groups in total. The molecule has 0 fully saturated rings. The van der Waals surface area contributed by atoms with E-state index in [9.17, 15) is 0 Å². The molecule has 0 atom stereocenters. The van der Waals surface area contributed by atoms with Gasteiger partial charge in [0.25, 0.3) is 0 Å². The number of ether oxygens (including phenoxy) is 1. The van der Waals surface area contributed by atoms with Crippen LogP contribution in [0.2, 0.25) is 0 Å². The van der Waals surface area contributed by atoms with Crippen LogP contribution in [-0.4, -0.2) is 50.9 Å². The summed E-state index contributed by atoms with van der Waals surface area (Å²) in [5.74, 6) is 0.704. The number of benzene rings is 2. The zero-order valence-electron chi connectivity index (χ0n) is 19.0. The van der Waals surface area contributed by atoms with Crippen molar-refractivity contribution in [2.45, 2.75) is 19.9 Å². The van der Waals surface area contributed by atoms with Crippen LogP contribution < -0.4 is 10.2 Å². The molecule has 0 saturated heterocycles. The Morgan fingerprint density at radius 1 is 1.15 bits per heavy atom. The van der Waals surface area contributed by atoms with Gasteiger partial charge in [-0.2, -0.15) is 5.10 Å². The molecular formula is C25H27N7O. The summed E-state index contributed by atoms with van der Waals surface area (Å²) in [7, 11) is 1.73. The maximum absolute atomic E-state index is 5.27. The van der Waals surface area contributed by atoms with Crippen molar-refractivity contribution in [1.29, 1.82) is 0 Å². The van der Waals surface area contributed by atoms with Crippen LogP contribution in [0.25, 0.3) is 27.8 Å². The summed E-state index contributed by atoms with van der Waals surface area (Å²) in [4.78, 5) is 11.7. The molecular weight excluding hydrogens is 414 g/mol. The smallest absolute Gasteiger partial charge is 0.180 e. The van der Waals surface area contributed by atoms with E-state index in [4.69, 9.17) is 9.72 Å². The fourth-order valence-corrected chi connectivity index (χ4v) is 4.00. The van der Waals surface area contributed by atoms with E-state index in [1.54, 1.807) is 13.3 Å². The lowest BCUT2D eigenvalue weighted by molar-refractivity contribution is 0.204. The van der Waals surface area contributed by atoms with Gasteiger partial charge in [0.1, 0.15) is 0 Å². The van der Waals surface area contributed by atoms with Gasteiger partial charge in [0.05, 0.1) is 24.0 Å². The molecule has 0 aliphatic heterocycles. The SMILES string of the molecule is COCCN(c1ccc(Nc2nc(-c3ccc4cn[nH]c4c3)cn3ccnc23)cc1)C(C)C. The first-order valence-corrected chi connectivity index (χ1v) is 11.0. The minimum absolute atomic E-state index is 0.383. The third kappa shape index (κ3) is 4.25. The van der Waals surface area contributed by atoms with Gasteiger partial charge in [0, 0.05) is 60.6 Å². The van der Waals surface area contributed by atoms with E-state index in [1.165, 1.54) is 0 Å². The number of methoxy groups -OCH3 is 1. The predicted molar refractivity (Wildman–Crippen MR) is 132 cm³/mol. The fraction of sp³-hybridized carbons (Fsp3) is 0.240. The van der Waals surface area contributed by atoms with E-state index in [1.807, 2.05) is 29.1 Å². The number of aromatic amines is 1. The van der Waals surface area contributed by atoms with Crippen LogP contribution in [0.15, 0.2) is 67.3 Å². The minimum Gasteiger partial charge on any atom is -0.383 e. The van der Waals surface area contributed by atoms with Gasteiger partial charge in [-0.3, -0.25) is 5.10 Å². The zero-order valence-corrected chi connectivity index (χ0v) is 19.0. The number of nitrogens with one attached hydrogen (secondary N) is 2. The second-order valence-electron chi connectivity index (χ2n) is 8.26. The van der Waals surface area contributed by atoms with Crippen LogP contribution in [0.4, 0.5) is 17.2 Å². The highest BCUT2D eigenvalue weighted by atomic mass is 16.5. The Kier molecular flexibility index (Phi) is 5.66. The molecule has 0 bridgehead atoms. The number of nitrogens with zero attached hydrogens (tertiary/aromatic N) is 5. The van der Waals surface area contributed by atoms with Gasteiger partial charge in [-0.15, -0.1) is 0 Å². The molecule has 168 valence electrons. The van der Waals surface area contributed by atoms with Crippen LogP contribution in [0.1, 0.15) is 13.8 Å². The summed E-state index contributed by atoms with van der Waals surface area (Å²) in [5.41, 5.74) is 5.72. The number of imidazole rings is 1. The number of hydrogen-bond donors (Lipinski definition) is 2. The van der Waals surface area contributed by atoms with Crippen LogP contribution in [0.3, 0.4) is 0 Å². The van der Waals surface area contributed by atoms with Crippen LogP contribution in [0.5, 0.6) is 0 Å². The number of anilines is 3. The highest BCUT2D eigenvalue weighted by Crippen LogP contribution is 2.27. The minimum atomic E-state index is 0.383. The van der Waals surface area contributed by atoms with Crippen LogP contribution >= 0.6 is 0 Å². The van der Waals surface area contributed by atoms with Crippen LogP contribution in [-0.2, 0) is 4.74 Å². The van der Waals surface area contributed by atoms with Gasteiger partial charge in [0.15, 0.2) is 11.5 Å². The Hall–Kier alpha value is -3.91. The van der Waals surface area contributed by atoms with Gasteiger partial charge in [-0.05, 0) is 44.2 Å². The Bertz CT molecular complexity index is 1370. The van der Waals surface area contributed by atoms with Gasteiger partial charge in [0.2, 0.25) is 0 Å². The van der Waals surface area contributed by atoms with E-state index in [0.29, 0.717) is 18.5 Å². The maximum Gasteiger partial charge on any atom is 0.180 e. The summed E-state index contributed by atoms with van der Waals surface area (Å²) in [5, 5.41) is 11.7. The molecule has 2 aromatic carbocycles. The zero-order chi connectivity index (χ0) is 22.8. The average molecular weight is 442 g/mol. The third-order valence-corrected chi connectivity index (χ3v) is 5.73. The lowest BCUT2D eigenvalue weighted by Gasteiger charge is -2.29. The first-order valence-electron chi connectivity index (χ1n) is 11.0. The lowest BCUT2D eigenvalue weighted by atomic mass is 10.1. The van der Waals surface area contributed by atoms with Gasteiger partial charge < -0.3 is 19.4 Å². The number of rotatable bonds is 8. The van der Waals surface area contributed by atoms with E-state index in [-0.39, 0.29) is 0 Å². The molecule has 3 aromatic heterocycles. The standard InChI is InChI=1S/C25H27N7O/c1-17(2)32(12-13-33-3)21-8-6-20(7-9-21)28-24-25-26-10-11-31(25)16-23(29-24)18-4-5-19-15-27-30-22(19)14-18/h4-11,14-17H,12-13H2,1-3H3,(H,27,30)(H,28,29). The normalized spacial score (nSPS) is 11.5. The van der Waals surface area contributed by atoms with Crippen molar-refractivity contribution in [3.63, 3.8) is 0 Å². The number of H-pyrrole nitrogens is 1. The monoisotopic (exact) mass is 441 g/mol. The van der Waals surface area contributed by atoms with Crippen molar-refractivity contribution in [2.75, 3.05) is 30.5 Å². The van der Waals surface area contributed by atoms with Gasteiger partial charge >= 0.3 is 0 Å². The van der Waals surface area contributed by atoms with E-state index >= 15 is 0 Å². The van der Waals surface area contributed by atoms with Crippen LogP contribution in [0, 0.1) is 0 Å². The Morgan fingerprint density at radius 2 is 2.00 bits per heavy atom. The highest BCUT2D eigenvalue weighted by molar-refractivity contribution is 5.84. The largest absolute Gasteiger partial charge is 0.383 e. The topological polar surface area (TPSA) is 83.4 Å². The summed E-state index contributed by atoms with van der Waals surface area (Å²) < 4.78 is 7.26. The fourth-order valence-electron chi connectivity index (χ4n) is 4.00. The van der Waals surface area contributed by atoms with Crippen molar-refractivity contribution in [1.82, 2.24) is 24.6 Å². The highest BCUT2D eigenvalue weighted by Gasteiger charge is 2.13. The van der Waals surface area contributed by atoms with E-state index < -0.39 is 0 Å². The van der Waals surface area contributed by atoms with Crippen molar-refractivity contribution >= 4 is 33.7 Å². The summed E-state index contributed by atoms with van der Waals surface area (Å²) >= 11 is 0. The first-order chi connectivity index (χ1) is 16.1. The predicted octanol–water partition coefficient (Wildman–Crippen LogP) is 4.88. The van der Waals surface area contributed by atoms with Crippen molar-refractivity contribution < 1.29 is 4.74 Å². The number of hydrogen-bond acceptors (Lipinski definition) is 6. The third-order valence-electron chi connectivity index (χ3n) is 5.73. The molecule has 0 saturated carbocycles. The van der Waals surface area contributed by atoms with Crippen molar-refractivity contribution in [2.24, 2.45) is 0 Å². The molecule has 0 aliphatic carbocycles. The molecule has 5 aromatic rings. The van der Waals surface area contributed by atoms with Gasteiger partial charge in [-0.25, -0.2) is 9.97 Å². The molecule has 0 aliphatic rings. The lowest BCUT2D eigenvalue weighted by Crippen LogP contribution is -2.33. The molecule has 0 amide bonds. The molecule has 8 heteroatoms. The number of aromatic nitrogens is 5. The quantitative estimate of drug-likeness (QED) is 0.357. The molecule has 0 unspecified atom stereocenters. The first kappa shape index (κ1) is 21.0. The van der Waals surface area contributed by atoms with Gasteiger partial charge in [-0.1, -0.05) is 12.1 Å². The summed E-state index contributed by atoms with van der Waals surface area (Å²) in [6.45, 7) is 5.91. The Balaban J connectivity index is 1.45. The summed E-state index contributed by atoms with van der Waals surface area (Å²) in [6.07, 6.45) is 7.52. The molecule has 0 radical (unpaired) electrons. The van der Waals surface area contributed by atoms with E-state index in [2.05, 4.69) is 75.6 Å². The van der Waals surface area contributed by atoms with Crippen molar-refractivity contribution in [3.05, 3.63) is 67.3 Å². The molecule has 3 heterocycles. The second kappa shape index (κ2) is 8.91. The molecule has 8 nitrogen and oxygen atoms in total. The number of fused-ring (bicyclic) bond motifs is 2. The molecule has 33 heavy (non-hydrogen) atoms. The average Bonchev–Trinajstić information content (AvgIpc) is 3.49. The Labute approximate surface area is 192 Å². The maximum atomic E-state index is 5.27. The molecule has 0 spiro atoms. The second-order valence-corrected chi connectivity index (χ2v) is 8.26. The van der Waals surface area contributed by atoms with Crippen molar-refractivity contribution in [3.8, 4) is 11.3 Å². The van der Waals surface area contributed by atoms with E-state index in [0.717, 1.165) is 45.7 Å².